The van der Waals surface area contributed by atoms with E-state index in [1.54, 1.807) is 0 Å². The predicted molar refractivity (Wildman–Crippen MR) is 81.7 cm³/mol. The van der Waals surface area contributed by atoms with Crippen LogP contribution in [0.5, 0.6) is 0 Å². The smallest absolute Gasteiger partial charge is 0.276 e. The zero-order valence-corrected chi connectivity index (χ0v) is 11.8. The van der Waals surface area contributed by atoms with Gasteiger partial charge in [-0.25, -0.2) is 4.99 Å². The number of piperazine rings is 1. The third-order valence-corrected chi connectivity index (χ3v) is 3.20. The molecule has 1 amide bonds. The fourth-order valence-corrected chi connectivity index (χ4v) is 2.19. The van der Waals surface area contributed by atoms with Crippen molar-refractivity contribution in [1.29, 1.82) is 0 Å². The Labute approximate surface area is 124 Å². The van der Waals surface area contributed by atoms with Crippen molar-refractivity contribution < 1.29 is 4.79 Å². The third kappa shape index (κ3) is 3.18. The van der Waals surface area contributed by atoms with Crippen molar-refractivity contribution in [3.63, 3.8) is 0 Å². The minimum absolute atomic E-state index is 0. The number of nitrogens with one attached hydrogen (secondary N) is 2. The Hall–Kier alpha value is -1.85. The van der Waals surface area contributed by atoms with E-state index in [-0.39, 0.29) is 18.3 Å². The maximum absolute atomic E-state index is 11.9. The van der Waals surface area contributed by atoms with Gasteiger partial charge in [0.1, 0.15) is 5.70 Å². The number of amides is 1. The van der Waals surface area contributed by atoms with Crippen LogP contribution in [0.3, 0.4) is 0 Å². The summed E-state index contributed by atoms with van der Waals surface area (Å²) in [6, 6.07) is 9.75. The van der Waals surface area contributed by atoms with Gasteiger partial charge in [-0.1, -0.05) is 30.3 Å². The second-order valence-corrected chi connectivity index (χ2v) is 4.57. The first-order valence-electron chi connectivity index (χ1n) is 6.45. The number of halogens is 1. The summed E-state index contributed by atoms with van der Waals surface area (Å²) in [4.78, 5) is 18.4. The van der Waals surface area contributed by atoms with Crippen molar-refractivity contribution in [3.8, 4) is 0 Å². The second-order valence-electron chi connectivity index (χ2n) is 4.57. The van der Waals surface area contributed by atoms with Gasteiger partial charge in [-0.05, 0) is 11.6 Å². The monoisotopic (exact) mass is 292 g/mol. The molecule has 0 spiro atoms. The van der Waals surface area contributed by atoms with Crippen LogP contribution < -0.4 is 10.6 Å². The molecule has 0 aromatic heterocycles. The van der Waals surface area contributed by atoms with Crippen LogP contribution in [0.4, 0.5) is 0 Å². The fourth-order valence-electron chi connectivity index (χ4n) is 2.19. The van der Waals surface area contributed by atoms with Crippen molar-refractivity contribution in [2.75, 3.05) is 26.2 Å². The molecule has 1 saturated heterocycles. The van der Waals surface area contributed by atoms with Gasteiger partial charge < -0.3 is 10.2 Å². The maximum Gasteiger partial charge on any atom is 0.276 e. The standard InChI is InChI=1S/C14H16N4O.ClH/c19-13-12(10-11-4-2-1-3-5-11)16-14(17-13)18-8-6-15-7-9-18;/h1-5,10,15H,6-9H2,(H,16,17,19);1H. The SMILES string of the molecule is Cl.O=C1NC(N2CCNCC2)=NC1=Cc1ccccc1. The van der Waals surface area contributed by atoms with Gasteiger partial charge in [0.25, 0.3) is 5.91 Å². The number of nitrogens with zero attached hydrogens (tertiary/aromatic N) is 2. The van der Waals surface area contributed by atoms with Gasteiger partial charge in [-0.15, -0.1) is 12.4 Å². The van der Waals surface area contributed by atoms with Crippen LogP contribution in [0.1, 0.15) is 5.56 Å². The molecule has 1 fully saturated rings. The first-order chi connectivity index (χ1) is 9.33. The molecule has 0 unspecified atom stereocenters. The highest BCUT2D eigenvalue weighted by Crippen LogP contribution is 2.13. The van der Waals surface area contributed by atoms with Gasteiger partial charge >= 0.3 is 0 Å². The topological polar surface area (TPSA) is 56.7 Å². The summed E-state index contributed by atoms with van der Waals surface area (Å²) in [6.07, 6.45) is 1.81. The number of carbonyl (C=O) groups is 1. The molecule has 0 saturated carbocycles. The van der Waals surface area contributed by atoms with Crippen LogP contribution in [-0.2, 0) is 4.79 Å². The number of hydrogen-bond donors (Lipinski definition) is 2. The van der Waals surface area contributed by atoms with Crippen molar-refractivity contribution in [1.82, 2.24) is 15.5 Å². The number of hydrogen-bond acceptors (Lipinski definition) is 4. The van der Waals surface area contributed by atoms with Crippen LogP contribution in [0.15, 0.2) is 41.0 Å². The molecule has 1 aromatic rings. The minimum atomic E-state index is -0.127. The number of guanidine groups is 1. The summed E-state index contributed by atoms with van der Waals surface area (Å²) >= 11 is 0. The lowest BCUT2D eigenvalue weighted by Gasteiger charge is -2.28. The van der Waals surface area contributed by atoms with Crippen molar-refractivity contribution in [2.24, 2.45) is 4.99 Å². The first-order valence-corrected chi connectivity index (χ1v) is 6.45. The van der Waals surface area contributed by atoms with E-state index in [9.17, 15) is 4.79 Å². The van der Waals surface area contributed by atoms with E-state index in [4.69, 9.17) is 0 Å². The predicted octanol–water partition coefficient (Wildman–Crippen LogP) is 0.840. The second kappa shape index (κ2) is 6.54. The molecule has 2 heterocycles. The van der Waals surface area contributed by atoms with Crippen molar-refractivity contribution in [2.45, 2.75) is 0 Å². The van der Waals surface area contributed by atoms with E-state index < -0.39 is 0 Å². The molecular formula is C14H17ClN4O. The van der Waals surface area contributed by atoms with Gasteiger partial charge in [0.05, 0.1) is 0 Å². The van der Waals surface area contributed by atoms with Gasteiger partial charge in [-0.2, -0.15) is 0 Å². The molecule has 3 rings (SSSR count). The molecule has 0 aliphatic carbocycles. The molecule has 0 radical (unpaired) electrons. The maximum atomic E-state index is 11.9. The highest BCUT2D eigenvalue weighted by atomic mass is 35.5. The fraction of sp³-hybridized carbons (Fsp3) is 0.286. The van der Waals surface area contributed by atoms with Crippen LogP contribution in [0.2, 0.25) is 0 Å². The Morgan fingerprint density at radius 1 is 1.15 bits per heavy atom. The van der Waals surface area contributed by atoms with Gasteiger partial charge in [0.2, 0.25) is 5.96 Å². The Kier molecular flexibility index (Phi) is 4.76. The summed E-state index contributed by atoms with van der Waals surface area (Å²) in [5.74, 6) is 0.547. The molecule has 106 valence electrons. The lowest BCUT2D eigenvalue weighted by molar-refractivity contribution is -0.115. The highest BCUT2D eigenvalue weighted by molar-refractivity contribution is 6.13. The average Bonchev–Trinajstić information content (AvgIpc) is 2.82. The van der Waals surface area contributed by atoms with Crippen molar-refractivity contribution in [3.05, 3.63) is 41.6 Å². The summed E-state index contributed by atoms with van der Waals surface area (Å²) in [6.45, 7) is 3.59. The molecular weight excluding hydrogens is 276 g/mol. The van der Waals surface area contributed by atoms with Crippen LogP contribution in [0, 0.1) is 0 Å². The zero-order valence-electron chi connectivity index (χ0n) is 11.0. The molecule has 2 aliphatic rings. The van der Waals surface area contributed by atoms with Gasteiger partial charge in [0, 0.05) is 26.2 Å². The quantitative estimate of drug-likeness (QED) is 0.754. The zero-order chi connectivity index (χ0) is 13.1. The molecule has 0 bridgehead atoms. The first kappa shape index (κ1) is 14.6. The van der Waals surface area contributed by atoms with E-state index in [2.05, 4.69) is 20.5 Å². The molecule has 0 atom stereocenters. The Bertz CT molecular complexity index is 535. The molecule has 6 heteroatoms. The summed E-state index contributed by atoms with van der Waals surface area (Å²) in [7, 11) is 0. The number of benzene rings is 1. The minimum Gasteiger partial charge on any atom is -0.340 e. The number of rotatable bonds is 1. The van der Waals surface area contributed by atoms with E-state index in [1.165, 1.54) is 0 Å². The van der Waals surface area contributed by atoms with Crippen LogP contribution in [-0.4, -0.2) is 42.9 Å². The lowest BCUT2D eigenvalue weighted by atomic mass is 10.2. The normalized spacial score (nSPS) is 20.4. The third-order valence-electron chi connectivity index (χ3n) is 3.20. The van der Waals surface area contributed by atoms with Crippen molar-refractivity contribution >= 4 is 30.3 Å². The Morgan fingerprint density at radius 3 is 2.55 bits per heavy atom. The summed E-state index contributed by atoms with van der Waals surface area (Å²) < 4.78 is 0. The highest BCUT2D eigenvalue weighted by Gasteiger charge is 2.25. The van der Waals surface area contributed by atoms with Crippen LogP contribution in [0.25, 0.3) is 6.08 Å². The Morgan fingerprint density at radius 2 is 1.85 bits per heavy atom. The summed E-state index contributed by atoms with van der Waals surface area (Å²) in [5.41, 5.74) is 1.46. The summed E-state index contributed by atoms with van der Waals surface area (Å²) in [5, 5.41) is 6.11. The lowest BCUT2D eigenvalue weighted by Crippen LogP contribution is -2.50. The average molecular weight is 293 g/mol. The van der Waals surface area contributed by atoms with E-state index in [0.717, 1.165) is 31.7 Å². The van der Waals surface area contributed by atoms with E-state index >= 15 is 0 Å². The number of carbonyl (C=O) groups excluding carboxylic acids is 1. The van der Waals surface area contributed by atoms with Gasteiger partial charge in [-0.3, -0.25) is 10.1 Å². The largest absolute Gasteiger partial charge is 0.340 e. The van der Waals surface area contributed by atoms with E-state index in [0.29, 0.717) is 11.7 Å². The number of aliphatic imine (C=N–C) groups is 1. The van der Waals surface area contributed by atoms with E-state index in [1.807, 2.05) is 36.4 Å². The molecule has 5 nitrogen and oxygen atoms in total. The molecule has 20 heavy (non-hydrogen) atoms. The molecule has 2 aliphatic heterocycles. The molecule has 2 N–H and O–H groups in total. The Balaban J connectivity index is 0.00000147. The molecule has 1 aromatic carbocycles. The van der Waals surface area contributed by atoms with Gasteiger partial charge in [0.15, 0.2) is 0 Å². The van der Waals surface area contributed by atoms with Crippen LogP contribution >= 0.6 is 12.4 Å².